The van der Waals surface area contributed by atoms with Crippen molar-refractivity contribution in [3.8, 4) is 5.75 Å². The second-order valence-electron chi connectivity index (χ2n) is 7.23. The van der Waals surface area contributed by atoms with E-state index in [2.05, 4.69) is 15.5 Å². The molecule has 0 radical (unpaired) electrons. The van der Waals surface area contributed by atoms with Gasteiger partial charge in [0.25, 0.3) is 0 Å². The van der Waals surface area contributed by atoms with Crippen molar-refractivity contribution in [3.05, 3.63) is 54.1 Å². The number of hydrogen-bond donors (Lipinski definition) is 2. The van der Waals surface area contributed by atoms with E-state index >= 15 is 0 Å². The van der Waals surface area contributed by atoms with Crippen molar-refractivity contribution in [2.45, 2.75) is 32.1 Å². The molecule has 1 aliphatic heterocycles. The van der Waals surface area contributed by atoms with E-state index in [0.29, 0.717) is 12.8 Å². The average Bonchev–Trinajstić information content (AvgIpc) is 2.77. The van der Waals surface area contributed by atoms with E-state index < -0.39 is 0 Å². The van der Waals surface area contributed by atoms with Crippen LogP contribution in [-0.4, -0.2) is 38.6 Å². The topological polar surface area (TPSA) is 70.7 Å². The first-order valence-corrected chi connectivity index (χ1v) is 10.2. The molecular formula is C23H29N3O3. The Hall–Kier alpha value is -3.02. The van der Waals surface area contributed by atoms with Gasteiger partial charge in [-0.25, -0.2) is 0 Å². The zero-order chi connectivity index (χ0) is 20.5. The number of aryl methyl sites for hydroxylation is 1. The highest BCUT2D eigenvalue weighted by Gasteiger charge is 2.11. The quantitative estimate of drug-likeness (QED) is 0.719. The predicted molar refractivity (Wildman–Crippen MR) is 115 cm³/mol. The molecular weight excluding hydrogens is 366 g/mol. The van der Waals surface area contributed by atoms with Crippen molar-refractivity contribution >= 4 is 23.2 Å². The Morgan fingerprint density at radius 1 is 0.966 bits per heavy atom. The fourth-order valence-electron chi connectivity index (χ4n) is 3.54. The van der Waals surface area contributed by atoms with Crippen molar-refractivity contribution in [2.75, 3.05) is 37.0 Å². The smallest absolute Gasteiger partial charge is 0.243 e. The lowest BCUT2D eigenvalue weighted by atomic mass is 10.1. The predicted octanol–water partition coefficient (Wildman–Crippen LogP) is 3.37. The van der Waals surface area contributed by atoms with E-state index in [-0.39, 0.29) is 18.4 Å². The molecule has 2 aromatic rings. The van der Waals surface area contributed by atoms with E-state index in [1.807, 2.05) is 48.5 Å². The number of benzene rings is 2. The minimum atomic E-state index is -0.235. The molecule has 1 fully saturated rings. The molecule has 0 spiro atoms. The Morgan fingerprint density at radius 2 is 1.69 bits per heavy atom. The van der Waals surface area contributed by atoms with Gasteiger partial charge in [-0.3, -0.25) is 9.59 Å². The maximum atomic E-state index is 12.1. The second-order valence-corrected chi connectivity index (χ2v) is 7.23. The fraction of sp³-hybridized carbons (Fsp3) is 0.391. The normalized spacial score (nSPS) is 13.6. The molecule has 0 aromatic heterocycles. The summed E-state index contributed by atoms with van der Waals surface area (Å²) in [6.45, 7) is 2.14. The molecule has 3 rings (SSSR count). The van der Waals surface area contributed by atoms with Gasteiger partial charge in [0.15, 0.2) is 0 Å². The number of carbonyl (C=O) groups excluding carboxylic acids is 2. The lowest BCUT2D eigenvalue weighted by Gasteiger charge is -2.28. The van der Waals surface area contributed by atoms with E-state index in [9.17, 15) is 9.59 Å². The minimum Gasteiger partial charge on any atom is -0.496 e. The molecule has 6 nitrogen and oxygen atoms in total. The molecule has 1 saturated heterocycles. The molecule has 29 heavy (non-hydrogen) atoms. The van der Waals surface area contributed by atoms with Crippen LogP contribution >= 0.6 is 0 Å². The number of anilines is 2. The molecule has 6 heteroatoms. The minimum absolute atomic E-state index is 0.0430. The highest BCUT2D eigenvalue weighted by atomic mass is 16.5. The number of rotatable bonds is 8. The van der Waals surface area contributed by atoms with Crippen LogP contribution in [0.5, 0.6) is 5.75 Å². The Labute approximate surface area is 172 Å². The van der Waals surface area contributed by atoms with Crippen LogP contribution in [0.2, 0.25) is 0 Å². The maximum Gasteiger partial charge on any atom is 0.243 e. The molecule has 154 valence electrons. The van der Waals surface area contributed by atoms with E-state index in [1.54, 1.807) is 7.11 Å². The first-order valence-electron chi connectivity index (χ1n) is 10.2. The SMILES string of the molecule is COc1ccccc1CCC(=O)NCC(=O)Nc1ccc(N2CCCCC2)cc1. The number of piperidine rings is 1. The Bertz CT molecular complexity index is 814. The zero-order valence-corrected chi connectivity index (χ0v) is 16.9. The third kappa shape index (κ3) is 6.24. The Morgan fingerprint density at radius 3 is 2.41 bits per heavy atom. The summed E-state index contributed by atoms with van der Waals surface area (Å²) in [7, 11) is 1.61. The van der Waals surface area contributed by atoms with Crippen molar-refractivity contribution in [1.29, 1.82) is 0 Å². The fourth-order valence-corrected chi connectivity index (χ4v) is 3.54. The molecule has 1 aliphatic rings. The first-order chi connectivity index (χ1) is 14.2. The third-order valence-corrected chi connectivity index (χ3v) is 5.13. The van der Waals surface area contributed by atoms with Crippen LogP contribution in [0.1, 0.15) is 31.2 Å². The summed E-state index contributed by atoms with van der Waals surface area (Å²) in [5, 5.41) is 5.50. The van der Waals surface area contributed by atoms with Gasteiger partial charge in [0.2, 0.25) is 11.8 Å². The Kier molecular flexibility index (Phi) is 7.50. The number of carbonyl (C=O) groups is 2. The van der Waals surface area contributed by atoms with Gasteiger partial charge < -0.3 is 20.3 Å². The number of hydrogen-bond acceptors (Lipinski definition) is 4. The van der Waals surface area contributed by atoms with Crippen LogP contribution in [0.4, 0.5) is 11.4 Å². The summed E-state index contributed by atoms with van der Waals surface area (Å²) in [6, 6.07) is 15.5. The molecule has 0 atom stereocenters. The van der Waals surface area contributed by atoms with Crippen LogP contribution in [0.15, 0.2) is 48.5 Å². The summed E-state index contributed by atoms with van der Waals surface area (Å²) in [5.74, 6) is 0.374. The first kappa shape index (κ1) is 20.7. The second kappa shape index (κ2) is 10.5. The molecule has 0 bridgehead atoms. The van der Waals surface area contributed by atoms with Gasteiger partial charge in [-0.15, -0.1) is 0 Å². The van der Waals surface area contributed by atoms with Gasteiger partial charge in [0.1, 0.15) is 5.75 Å². The molecule has 2 N–H and O–H groups in total. The van der Waals surface area contributed by atoms with Crippen LogP contribution in [0.3, 0.4) is 0 Å². The third-order valence-electron chi connectivity index (χ3n) is 5.13. The molecule has 0 saturated carbocycles. The van der Waals surface area contributed by atoms with Gasteiger partial charge in [-0.2, -0.15) is 0 Å². The number of amides is 2. The molecule has 0 unspecified atom stereocenters. The monoisotopic (exact) mass is 395 g/mol. The number of methoxy groups -OCH3 is 1. The highest BCUT2D eigenvalue weighted by Crippen LogP contribution is 2.22. The van der Waals surface area contributed by atoms with Gasteiger partial charge >= 0.3 is 0 Å². The Balaban J connectivity index is 1.40. The van der Waals surface area contributed by atoms with Crippen molar-refractivity contribution < 1.29 is 14.3 Å². The van der Waals surface area contributed by atoms with Crippen molar-refractivity contribution in [1.82, 2.24) is 5.32 Å². The van der Waals surface area contributed by atoms with Gasteiger partial charge in [-0.1, -0.05) is 18.2 Å². The molecule has 2 amide bonds. The molecule has 1 heterocycles. The standard InChI is InChI=1S/C23H29N3O3/c1-29-21-8-4-3-7-18(21)9-14-22(27)24-17-23(28)25-19-10-12-20(13-11-19)26-15-5-2-6-16-26/h3-4,7-8,10-13H,2,5-6,9,14-17H2,1H3,(H,24,27)(H,25,28). The van der Waals surface area contributed by atoms with Crippen LogP contribution in [-0.2, 0) is 16.0 Å². The molecule has 2 aromatic carbocycles. The lowest BCUT2D eigenvalue weighted by molar-refractivity contribution is -0.124. The zero-order valence-electron chi connectivity index (χ0n) is 16.9. The number of nitrogens with zero attached hydrogens (tertiary/aromatic N) is 1. The highest BCUT2D eigenvalue weighted by molar-refractivity contribution is 5.94. The van der Waals surface area contributed by atoms with E-state index in [0.717, 1.165) is 30.1 Å². The average molecular weight is 396 g/mol. The molecule has 0 aliphatic carbocycles. The number of para-hydroxylation sites is 1. The van der Waals surface area contributed by atoms with Crippen molar-refractivity contribution in [3.63, 3.8) is 0 Å². The lowest BCUT2D eigenvalue weighted by Crippen LogP contribution is -2.33. The van der Waals surface area contributed by atoms with Gasteiger partial charge in [-0.05, 0) is 61.6 Å². The summed E-state index contributed by atoms with van der Waals surface area (Å²) in [5.41, 5.74) is 2.90. The van der Waals surface area contributed by atoms with Crippen LogP contribution < -0.4 is 20.3 Å². The van der Waals surface area contributed by atoms with Gasteiger partial charge in [0, 0.05) is 30.9 Å². The van der Waals surface area contributed by atoms with Crippen LogP contribution in [0, 0.1) is 0 Å². The maximum absolute atomic E-state index is 12.1. The summed E-state index contributed by atoms with van der Waals surface area (Å²) in [6.07, 6.45) is 4.63. The van der Waals surface area contributed by atoms with Crippen LogP contribution in [0.25, 0.3) is 0 Å². The number of ether oxygens (including phenoxy) is 1. The van der Waals surface area contributed by atoms with E-state index in [4.69, 9.17) is 4.74 Å². The summed E-state index contributed by atoms with van der Waals surface area (Å²) >= 11 is 0. The largest absolute Gasteiger partial charge is 0.496 e. The van der Waals surface area contributed by atoms with Crippen molar-refractivity contribution in [2.24, 2.45) is 0 Å². The summed E-state index contributed by atoms with van der Waals surface area (Å²) < 4.78 is 5.29. The summed E-state index contributed by atoms with van der Waals surface area (Å²) in [4.78, 5) is 26.5. The van der Waals surface area contributed by atoms with E-state index in [1.165, 1.54) is 24.9 Å². The van der Waals surface area contributed by atoms with Gasteiger partial charge in [0.05, 0.1) is 13.7 Å². The number of nitrogens with one attached hydrogen (secondary N) is 2.